The summed E-state index contributed by atoms with van der Waals surface area (Å²) in [5.74, 6) is 0. The second-order valence-electron chi connectivity index (χ2n) is 10.9. The Morgan fingerprint density at radius 3 is 2.07 bits per heavy atom. The van der Waals surface area contributed by atoms with Crippen LogP contribution < -0.4 is 0 Å². The number of aromatic amines is 1. The van der Waals surface area contributed by atoms with Crippen molar-refractivity contribution < 1.29 is 4.92 Å². The van der Waals surface area contributed by atoms with Gasteiger partial charge >= 0.3 is 0 Å². The van der Waals surface area contributed by atoms with Gasteiger partial charge in [-0.15, -0.1) is 0 Å². The summed E-state index contributed by atoms with van der Waals surface area (Å²) in [6.07, 6.45) is 7.53. The summed E-state index contributed by atoms with van der Waals surface area (Å²) >= 11 is 0. The molecule has 0 atom stereocenters. The van der Waals surface area contributed by atoms with Crippen LogP contribution in [0.4, 0.5) is 5.69 Å². The van der Waals surface area contributed by atoms with Crippen molar-refractivity contribution in [3.8, 4) is 22.6 Å². The molecule has 0 saturated heterocycles. The third-order valence-electron chi connectivity index (χ3n) is 8.21. The highest BCUT2D eigenvalue weighted by atomic mass is 16.6. The number of para-hydroxylation sites is 2. The average Bonchev–Trinajstić information content (AvgIpc) is 3.84. The number of pyridine rings is 2. The number of rotatable bonds is 4. The number of H-pyrrole nitrogens is 1. The minimum absolute atomic E-state index is 0.0133. The van der Waals surface area contributed by atoms with Crippen molar-refractivity contribution in [2.24, 2.45) is 0 Å². The van der Waals surface area contributed by atoms with Crippen molar-refractivity contribution in [3.05, 3.63) is 162 Å². The summed E-state index contributed by atoms with van der Waals surface area (Å²) in [7, 11) is 0. The Morgan fingerprint density at radius 1 is 0.630 bits per heavy atom. The molecular formula is C38H26N6O2. The molecule has 9 aromatic rings. The molecule has 0 aliphatic rings. The molecule has 46 heavy (non-hydrogen) atoms. The number of nitrogens with zero attached hydrogens (tertiary/aromatic N) is 5. The third kappa shape index (κ3) is 4.65. The van der Waals surface area contributed by atoms with Crippen LogP contribution in [0.25, 0.3) is 66.4 Å². The van der Waals surface area contributed by atoms with E-state index in [9.17, 15) is 10.1 Å². The number of hydrogen-bond donors (Lipinski definition) is 1. The second-order valence-corrected chi connectivity index (χ2v) is 10.9. The number of aromatic nitrogens is 5. The zero-order valence-electron chi connectivity index (χ0n) is 24.5. The minimum Gasteiger partial charge on any atom is -0.353 e. The lowest BCUT2D eigenvalue weighted by Gasteiger charge is -2.06. The van der Waals surface area contributed by atoms with Gasteiger partial charge < -0.3 is 14.1 Å². The smallest absolute Gasteiger partial charge is 0.295 e. The quantitative estimate of drug-likeness (QED) is 0.161. The Bertz CT molecular complexity index is 2510. The summed E-state index contributed by atoms with van der Waals surface area (Å²) in [6.45, 7) is 0. The molecule has 0 spiro atoms. The number of benzene rings is 4. The van der Waals surface area contributed by atoms with E-state index in [4.69, 9.17) is 0 Å². The Hall–Kier alpha value is -6.54. The topological polar surface area (TPSA) is 94.6 Å². The fourth-order valence-electron chi connectivity index (χ4n) is 6.09. The Labute approximate surface area is 263 Å². The van der Waals surface area contributed by atoms with Crippen molar-refractivity contribution in [2.75, 3.05) is 0 Å². The van der Waals surface area contributed by atoms with Crippen molar-refractivity contribution in [2.45, 2.75) is 0 Å². The first-order chi connectivity index (χ1) is 22.7. The van der Waals surface area contributed by atoms with E-state index in [2.05, 4.69) is 78.8 Å². The fraction of sp³-hybridized carbons (Fsp3) is 0. The normalized spacial score (nSPS) is 11.2. The lowest BCUT2D eigenvalue weighted by atomic mass is 10.1. The van der Waals surface area contributed by atoms with Crippen molar-refractivity contribution in [3.63, 3.8) is 0 Å². The highest BCUT2D eigenvalue weighted by molar-refractivity contribution is 6.15. The fourth-order valence-corrected chi connectivity index (χ4v) is 6.09. The second kappa shape index (κ2) is 11.2. The van der Waals surface area contributed by atoms with Gasteiger partial charge in [-0.05, 0) is 78.9 Å². The minimum atomic E-state index is -0.401. The molecule has 0 amide bonds. The van der Waals surface area contributed by atoms with Gasteiger partial charge in [0.15, 0.2) is 0 Å². The summed E-state index contributed by atoms with van der Waals surface area (Å²) in [4.78, 5) is 23.0. The predicted octanol–water partition coefficient (Wildman–Crippen LogP) is 9.26. The van der Waals surface area contributed by atoms with Crippen LogP contribution in [-0.4, -0.2) is 29.0 Å². The van der Waals surface area contributed by atoms with Gasteiger partial charge in [0.05, 0.1) is 32.5 Å². The zero-order valence-corrected chi connectivity index (χ0v) is 24.5. The first-order valence-electron chi connectivity index (χ1n) is 14.8. The molecule has 220 valence electrons. The van der Waals surface area contributed by atoms with E-state index in [0.29, 0.717) is 5.69 Å². The first kappa shape index (κ1) is 27.0. The van der Waals surface area contributed by atoms with Gasteiger partial charge in [0.2, 0.25) is 0 Å². The van der Waals surface area contributed by atoms with Crippen LogP contribution in [0.2, 0.25) is 0 Å². The van der Waals surface area contributed by atoms with Gasteiger partial charge in [-0.2, -0.15) is 0 Å². The molecule has 8 heteroatoms. The summed E-state index contributed by atoms with van der Waals surface area (Å²) in [5.41, 5.74) is 8.89. The molecular weight excluding hydrogens is 572 g/mol. The van der Waals surface area contributed by atoms with Gasteiger partial charge in [0, 0.05) is 64.0 Å². The lowest BCUT2D eigenvalue weighted by molar-refractivity contribution is -0.384. The lowest BCUT2D eigenvalue weighted by Crippen LogP contribution is -1.94. The van der Waals surface area contributed by atoms with Gasteiger partial charge in [-0.1, -0.05) is 42.5 Å². The number of nitro groups is 1. The molecule has 0 bridgehead atoms. The third-order valence-corrected chi connectivity index (χ3v) is 8.21. The predicted molar refractivity (Wildman–Crippen MR) is 184 cm³/mol. The molecule has 0 fully saturated rings. The van der Waals surface area contributed by atoms with Crippen molar-refractivity contribution in [1.82, 2.24) is 24.1 Å². The highest BCUT2D eigenvalue weighted by Crippen LogP contribution is 2.33. The largest absolute Gasteiger partial charge is 0.353 e. The summed E-state index contributed by atoms with van der Waals surface area (Å²) < 4.78 is 4.31. The van der Waals surface area contributed by atoms with Gasteiger partial charge in [0.25, 0.3) is 5.69 Å². The van der Waals surface area contributed by atoms with Crippen LogP contribution in [0.15, 0.2) is 152 Å². The molecule has 0 unspecified atom stereocenters. The van der Waals surface area contributed by atoms with Crippen LogP contribution >= 0.6 is 0 Å². The van der Waals surface area contributed by atoms with E-state index in [1.54, 1.807) is 12.3 Å². The standard InChI is InChI=1S/C19H13N3O2.C19H13N3/c23-22(24)18-7-4-11-20-19(18)15-8-9-17-14(13-15)10-12-21(17)16-5-2-1-3-6-16;1-2-5-13(6-3-1)22-12-10-14-17(22)9-8-15-18(14)21-16-7-4-11-20-19(15)16/h1-13H;1-12,21H. The van der Waals surface area contributed by atoms with Crippen molar-refractivity contribution in [1.29, 1.82) is 0 Å². The summed E-state index contributed by atoms with van der Waals surface area (Å²) in [5, 5.41) is 14.6. The van der Waals surface area contributed by atoms with E-state index in [-0.39, 0.29) is 5.69 Å². The monoisotopic (exact) mass is 598 g/mol. The van der Waals surface area contributed by atoms with E-state index in [1.807, 2.05) is 79.1 Å². The van der Waals surface area contributed by atoms with Crippen molar-refractivity contribution >= 4 is 49.4 Å². The van der Waals surface area contributed by atoms with Crippen LogP contribution in [-0.2, 0) is 0 Å². The van der Waals surface area contributed by atoms with Crippen LogP contribution in [0.5, 0.6) is 0 Å². The van der Waals surface area contributed by atoms with Gasteiger partial charge in [0.1, 0.15) is 5.69 Å². The SMILES string of the molecule is O=[N+]([O-])c1cccnc1-c1ccc2c(ccn2-c2ccccc2)c1.c1ccc(-n2ccc3c4[nH]c5cccnc5c4ccc32)cc1. The van der Waals surface area contributed by atoms with E-state index >= 15 is 0 Å². The number of nitrogens with one attached hydrogen (secondary N) is 1. The van der Waals surface area contributed by atoms with E-state index in [1.165, 1.54) is 28.0 Å². The molecule has 5 aromatic heterocycles. The molecule has 0 aliphatic heterocycles. The molecule has 5 heterocycles. The van der Waals surface area contributed by atoms with E-state index < -0.39 is 4.92 Å². The van der Waals surface area contributed by atoms with Crippen LogP contribution in [0.1, 0.15) is 0 Å². The molecule has 0 saturated carbocycles. The zero-order chi connectivity index (χ0) is 31.0. The molecule has 9 rings (SSSR count). The Kier molecular flexibility index (Phi) is 6.58. The van der Waals surface area contributed by atoms with Gasteiger partial charge in [-0.25, -0.2) is 4.98 Å². The molecule has 0 aliphatic carbocycles. The maximum atomic E-state index is 11.2. The summed E-state index contributed by atoms with van der Waals surface area (Å²) in [6, 6.07) is 41.8. The van der Waals surface area contributed by atoms with Crippen LogP contribution in [0, 0.1) is 10.1 Å². The maximum Gasteiger partial charge on any atom is 0.295 e. The Morgan fingerprint density at radius 2 is 1.30 bits per heavy atom. The first-order valence-corrected chi connectivity index (χ1v) is 14.8. The number of fused-ring (bicyclic) bond motifs is 6. The number of hydrogen-bond acceptors (Lipinski definition) is 4. The van der Waals surface area contributed by atoms with E-state index in [0.717, 1.165) is 38.7 Å². The molecule has 0 radical (unpaired) electrons. The molecule has 1 N–H and O–H groups in total. The highest BCUT2D eigenvalue weighted by Gasteiger charge is 2.17. The average molecular weight is 599 g/mol. The van der Waals surface area contributed by atoms with Gasteiger partial charge in [-0.3, -0.25) is 15.1 Å². The Balaban J connectivity index is 0.000000136. The molecule has 4 aromatic carbocycles. The maximum absolute atomic E-state index is 11.2. The van der Waals surface area contributed by atoms with Crippen LogP contribution in [0.3, 0.4) is 0 Å². The molecule has 8 nitrogen and oxygen atoms in total.